The third-order valence-electron chi connectivity index (χ3n) is 4.82. The molecular formula is C19H25N5O2. The molecule has 0 aliphatic carbocycles. The molecule has 138 valence electrons. The van der Waals surface area contributed by atoms with Gasteiger partial charge in [0.05, 0.1) is 0 Å². The van der Waals surface area contributed by atoms with Gasteiger partial charge in [0.25, 0.3) is 5.56 Å². The molecule has 1 saturated heterocycles. The van der Waals surface area contributed by atoms with Crippen LogP contribution in [-0.4, -0.2) is 33.9 Å². The maximum absolute atomic E-state index is 11.7. The number of H-pyrrole nitrogens is 1. The van der Waals surface area contributed by atoms with Gasteiger partial charge in [-0.25, -0.2) is 9.97 Å². The second kappa shape index (κ2) is 8.12. The number of aromatic amines is 1. The summed E-state index contributed by atoms with van der Waals surface area (Å²) in [6, 6.07) is 5.42. The summed E-state index contributed by atoms with van der Waals surface area (Å²) in [5.41, 5.74) is 6.67. The minimum absolute atomic E-state index is 0.149. The number of piperidine rings is 1. The maximum atomic E-state index is 11.7. The number of amides is 1. The van der Waals surface area contributed by atoms with Crippen molar-refractivity contribution in [2.75, 3.05) is 18.0 Å². The summed E-state index contributed by atoms with van der Waals surface area (Å²) in [6.45, 7) is 3.82. The Hall–Kier alpha value is -2.70. The molecule has 7 heteroatoms. The number of aromatic nitrogens is 3. The van der Waals surface area contributed by atoms with Crippen LogP contribution in [0.25, 0.3) is 11.4 Å². The SMILES string of the molecule is CCc1cc(=O)[nH]c(-c2ccc(N3CCCC(CCC(N)=O)C3)nc2)n1. The maximum Gasteiger partial charge on any atom is 0.251 e. The van der Waals surface area contributed by atoms with Crippen LogP contribution in [0.5, 0.6) is 0 Å². The minimum atomic E-state index is -0.236. The Morgan fingerprint density at radius 2 is 2.27 bits per heavy atom. The van der Waals surface area contributed by atoms with Gasteiger partial charge in [-0.05, 0) is 43.7 Å². The Balaban J connectivity index is 1.72. The predicted molar refractivity (Wildman–Crippen MR) is 101 cm³/mol. The summed E-state index contributed by atoms with van der Waals surface area (Å²) < 4.78 is 0. The Morgan fingerprint density at radius 1 is 1.42 bits per heavy atom. The van der Waals surface area contributed by atoms with Gasteiger partial charge in [0.2, 0.25) is 5.91 Å². The molecule has 2 aromatic rings. The van der Waals surface area contributed by atoms with Crippen LogP contribution < -0.4 is 16.2 Å². The van der Waals surface area contributed by atoms with E-state index < -0.39 is 0 Å². The molecule has 0 bridgehead atoms. The van der Waals surface area contributed by atoms with E-state index >= 15 is 0 Å². The fourth-order valence-electron chi connectivity index (χ4n) is 3.39. The van der Waals surface area contributed by atoms with E-state index in [9.17, 15) is 9.59 Å². The van der Waals surface area contributed by atoms with Crippen LogP contribution in [0.15, 0.2) is 29.2 Å². The Labute approximate surface area is 152 Å². The highest BCUT2D eigenvalue weighted by molar-refractivity contribution is 5.73. The van der Waals surface area contributed by atoms with Crippen LogP contribution in [0, 0.1) is 5.92 Å². The molecule has 2 aromatic heterocycles. The van der Waals surface area contributed by atoms with Crippen molar-refractivity contribution in [3.05, 3.63) is 40.4 Å². The third-order valence-corrected chi connectivity index (χ3v) is 4.82. The minimum Gasteiger partial charge on any atom is -0.370 e. The van der Waals surface area contributed by atoms with E-state index in [1.807, 2.05) is 19.1 Å². The average molecular weight is 355 g/mol. The van der Waals surface area contributed by atoms with Gasteiger partial charge in [0.1, 0.15) is 11.6 Å². The van der Waals surface area contributed by atoms with Crippen molar-refractivity contribution in [1.29, 1.82) is 0 Å². The van der Waals surface area contributed by atoms with Crippen molar-refractivity contribution in [3.8, 4) is 11.4 Å². The zero-order valence-electron chi connectivity index (χ0n) is 15.1. The third kappa shape index (κ3) is 4.47. The molecule has 7 nitrogen and oxygen atoms in total. The molecule has 3 heterocycles. The molecule has 0 aromatic carbocycles. The molecule has 1 fully saturated rings. The molecule has 1 aliphatic rings. The van der Waals surface area contributed by atoms with Crippen LogP contribution in [0.1, 0.15) is 38.3 Å². The van der Waals surface area contributed by atoms with Gasteiger partial charge in [0, 0.05) is 43.0 Å². The summed E-state index contributed by atoms with van der Waals surface area (Å²) in [6.07, 6.45) is 5.94. The van der Waals surface area contributed by atoms with Crippen molar-refractivity contribution < 1.29 is 4.79 Å². The molecule has 26 heavy (non-hydrogen) atoms. The Bertz CT molecular complexity index is 815. The van der Waals surface area contributed by atoms with Gasteiger partial charge in [-0.1, -0.05) is 6.92 Å². The number of nitrogens with two attached hydrogens (primary N) is 1. The van der Waals surface area contributed by atoms with Gasteiger partial charge in [-0.15, -0.1) is 0 Å². The lowest BCUT2D eigenvalue weighted by Crippen LogP contribution is -2.36. The molecule has 3 rings (SSSR count). The van der Waals surface area contributed by atoms with Crippen molar-refractivity contribution >= 4 is 11.7 Å². The molecule has 3 N–H and O–H groups in total. The number of carbonyl (C=O) groups is 1. The number of pyridine rings is 1. The monoisotopic (exact) mass is 355 g/mol. The lowest BCUT2D eigenvalue weighted by atomic mass is 9.93. The second-order valence-electron chi connectivity index (χ2n) is 6.80. The van der Waals surface area contributed by atoms with Gasteiger partial charge in [-0.2, -0.15) is 0 Å². The topological polar surface area (TPSA) is 105 Å². The number of aryl methyl sites for hydroxylation is 1. The Kier molecular flexibility index (Phi) is 5.65. The van der Waals surface area contributed by atoms with Gasteiger partial charge in [-0.3, -0.25) is 9.59 Å². The number of nitrogens with zero attached hydrogens (tertiary/aromatic N) is 3. The molecule has 1 amide bonds. The summed E-state index contributed by atoms with van der Waals surface area (Å²) in [4.78, 5) is 36.8. The largest absolute Gasteiger partial charge is 0.370 e. The predicted octanol–water partition coefficient (Wildman–Crippen LogP) is 1.88. The lowest BCUT2D eigenvalue weighted by Gasteiger charge is -2.33. The number of rotatable bonds is 6. The van der Waals surface area contributed by atoms with Crippen molar-refractivity contribution in [1.82, 2.24) is 15.0 Å². The van der Waals surface area contributed by atoms with Crippen LogP contribution in [0.2, 0.25) is 0 Å². The number of hydrogen-bond acceptors (Lipinski definition) is 5. The standard InChI is InChI=1S/C19H25N5O2/c1-2-15-10-18(26)23-19(22-15)14-6-8-17(21-11-14)24-9-3-4-13(12-24)5-7-16(20)25/h6,8,10-11,13H,2-5,7,9,12H2,1H3,(H2,20,25)(H,22,23,26). The normalized spacial score (nSPS) is 17.3. The first-order valence-corrected chi connectivity index (χ1v) is 9.15. The van der Waals surface area contributed by atoms with Crippen LogP contribution in [-0.2, 0) is 11.2 Å². The first kappa shape index (κ1) is 18.1. The average Bonchev–Trinajstić information content (AvgIpc) is 2.66. The van der Waals surface area contributed by atoms with Gasteiger partial charge in [0.15, 0.2) is 0 Å². The first-order valence-electron chi connectivity index (χ1n) is 9.15. The van der Waals surface area contributed by atoms with E-state index in [0.717, 1.165) is 49.4 Å². The smallest absolute Gasteiger partial charge is 0.251 e. The van der Waals surface area contributed by atoms with Gasteiger partial charge < -0.3 is 15.6 Å². The van der Waals surface area contributed by atoms with Crippen molar-refractivity contribution in [3.63, 3.8) is 0 Å². The zero-order chi connectivity index (χ0) is 18.5. The van der Waals surface area contributed by atoms with E-state index in [2.05, 4.69) is 19.9 Å². The molecule has 0 spiro atoms. The Morgan fingerprint density at radius 3 is 2.96 bits per heavy atom. The molecule has 1 unspecified atom stereocenters. The number of hydrogen-bond donors (Lipinski definition) is 2. The summed E-state index contributed by atoms with van der Waals surface area (Å²) in [5.74, 6) is 1.69. The van der Waals surface area contributed by atoms with Crippen molar-refractivity contribution in [2.24, 2.45) is 11.7 Å². The van der Waals surface area contributed by atoms with E-state index in [4.69, 9.17) is 5.73 Å². The summed E-state index contributed by atoms with van der Waals surface area (Å²) >= 11 is 0. The highest BCUT2D eigenvalue weighted by Crippen LogP contribution is 2.25. The fraction of sp³-hybridized carbons (Fsp3) is 0.474. The number of primary amides is 1. The quantitative estimate of drug-likeness (QED) is 0.823. The molecule has 1 aliphatic heterocycles. The second-order valence-corrected chi connectivity index (χ2v) is 6.80. The van der Waals surface area contributed by atoms with E-state index in [-0.39, 0.29) is 11.5 Å². The number of nitrogens with one attached hydrogen (secondary N) is 1. The van der Waals surface area contributed by atoms with Crippen molar-refractivity contribution in [2.45, 2.75) is 39.0 Å². The van der Waals surface area contributed by atoms with E-state index in [1.165, 1.54) is 6.07 Å². The van der Waals surface area contributed by atoms with E-state index in [0.29, 0.717) is 24.6 Å². The van der Waals surface area contributed by atoms with Crippen LogP contribution >= 0.6 is 0 Å². The fourth-order valence-corrected chi connectivity index (χ4v) is 3.39. The van der Waals surface area contributed by atoms with Crippen LogP contribution in [0.4, 0.5) is 5.82 Å². The van der Waals surface area contributed by atoms with Crippen LogP contribution in [0.3, 0.4) is 0 Å². The molecular weight excluding hydrogens is 330 g/mol. The summed E-state index contributed by atoms with van der Waals surface area (Å²) in [7, 11) is 0. The zero-order valence-corrected chi connectivity index (χ0v) is 15.1. The molecule has 1 atom stereocenters. The van der Waals surface area contributed by atoms with Gasteiger partial charge >= 0.3 is 0 Å². The highest BCUT2D eigenvalue weighted by Gasteiger charge is 2.21. The first-order chi connectivity index (χ1) is 12.5. The van der Waals surface area contributed by atoms with E-state index in [1.54, 1.807) is 6.20 Å². The number of carbonyl (C=O) groups excluding carboxylic acids is 1. The summed E-state index contributed by atoms with van der Waals surface area (Å²) in [5, 5.41) is 0. The molecule has 0 saturated carbocycles. The molecule has 0 radical (unpaired) electrons. The lowest BCUT2D eigenvalue weighted by molar-refractivity contribution is -0.118. The number of anilines is 1. The highest BCUT2D eigenvalue weighted by atomic mass is 16.1.